The molecule has 0 heterocycles. The van der Waals surface area contributed by atoms with Gasteiger partial charge in [-0.05, 0) is 12.8 Å². The van der Waals surface area contributed by atoms with Crippen molar-refractivity contribution in [2.75, 3.05) is 39.5 Å². The number of hydrogen-bond acceptors (Lipinski definition) is 4. The Bertz CT molecular complexity index is 537. The number of nitrogens with zero attached hydrogens (tertiary/aromatic N) is 1. The Morgan fingerprint density at radius 3 is 1.07 bits per heavy atom. The number of aliphatic carboxylic acids is 1. The molecule has 0 unspecified atom stereocenters. The van der Waals surface area contributed by atoms with Gasteiger partial charge in [0.15, 0.2) is 0 Å². The van der Waals surface area contributed by atoms with Gasteiger partial charge in [-0.2, -0.15) is 0 Å². The summed E-state index contributed by atoms with van der Waals surface area (Å²) in [4.78, 5) is 25.2. The van der Waals surface area contributed by atoms with Crippen LogP contribution in [0.3, 0.4) is 0 Å². The third-order valence-electron chi connectivity index (χ3n) is 8.20. The Labute approximate surface area is 261 Å². The quantitative estimate of drug-likeness (QED) is 0.0736. The summed E-state index contributed by atoms with van der Waals surface area (Å²) in [5.41, 5.74) is 0. The largest absolute Gasteiger partial charge is 0.481 e. The normalized spacial score (nSPS) is 11.3. The van der Waals surface area contributed by atoms with Gasteiger partial charge in [-0.25, -0.2) is 0 Å². The molecule has 0 aromatic carbocycles. The minimum absolute atomic E-state index is 0.0345. The van der Waals surface area contributed by atoms with Crippen molar-refractivity contribution in [2.45, 2.75) is 181 Å². The smallest absolute Gasteiger partial charge is 0.303 e. The highest BCUT2D eigenvalue weighted by Crippen LogP contribution is 2.13. The number of amides is 1. The van der Waals surface area contributed by atoms with Crippen LogP contribution in [0.25, 0.3) is 0 Å². The zero-order valence-electron chi connectivity index (χ0n) is 28.2. The average molecular weight is 598 g/mol. The molecular formula is C36H71NO5. The molecule has 6 heteroatoms. The van der Waals surface area contributed by atoms with E-state index in [2.05, 4.69) is 13.8 Å². The molecule has 0 aliphatic rings. The van der Waals surface area contributed by atoms with Gasteiger partial charge in [0, 0.05) is 32.7 Å². The summed E-state index contributed by atoms with van der Waals surface area (Å²) in [6.07, 6.45) is 31.6. The fourth-order valence-electron chi connectivity index (χ4n) is 5.38. The van der Waals surface area contributed by atoms with Crippen LogP contribution < -0.4 is 0 Å². The van der Waals surface area contributed by atoms with Gasteiger partial charge in [-0.1, -0.05) is 155 Å². The van der Waals surface area contributed by atoms with Crippen molar-refractivity contribution in [1.29, 1.82) is 0 Å². The van der Waals surface area contributed by atoms with E-state index >= 15 is 0 Å². The van der Waals surface area contributed by atoms with Crippen molar-refractivity contribution in [1.82, 2.24) is 4.90 Å². The monoisotopic (exact) mass is 598 g/mol. The van der Waals surface area contributed by atoms with Crippen LogP contribution in [-0.2, 0) is 19.1 Å². The summed E-state index contributed by atoms with van der Waals surface area (Å²) in [5.74, 6) is -1.06. The molecule has 0 rings (SSSR count). The van der Waals surface area contributed by atoms with E-state index in [1.165, 1.54) is 141 Å². The first-order chi connectivity index (χ1) is 20.6. The van der Waals surface area contributed by atoms with Gasteiger partial charge in [-0.15, -0.1) is 0 Å². The van der Waals surface area contributed by atoms with E-state index < -0.39 is 5.97 Å². The standard InChI is InChI=1S/C36H71NO5/c1-3-5-7-9-11-13-15-17-19-21-23-25-31-41-33-29-37(35(38)27-28-36(39)40)30-34-42-32-26-24-22-20-18-16-14-12-10-8-6-4-2/h3-34H2,1-2H3,(H,39,40). The molecule has 0 bridgehead atoms. The van der Waals surface area contributed by atoms with Gasteiger partial charge in [0.05, 0.1) is 19.6 Å². The molecule has 0 radical (unpaired) electrons. The van der Waals surface area contributed by atoms with E-state index in [1.54, 1.807) is 4.90 Å². The second-order valence-electron chi connectivity index (χ2n) is 12.3. The molecule has 6 nitrogen and oxygen atoms in total. The molecule has 0 fully saturated rings. The predicted octanol–water partition coefficient (Wildman–Crippen LogP) is 10.1. The van der Waals surface area contributed by atoms with Crippen LogP contribution in [0.5, 0.6) is 0 Å². The summed E-state index contributed by atoms with van der Waals surface area (Å²) in [6.45, 7) is 7.98. The first-order valence-corrected chi connectivity index (χ1v) is 18.3. The number of ether oxygens (including phenoxy) is 2. The zero-order valence-corrected chi connectivity index (χ0v) is 28.2. The van der Waals surface area contributed by atoms with Crippen LogP contribution >= 0.6 is 0 Å². The molecule has 0 aromatic heterocycles. The Kier molecular flexibility index (Phi) is 33.4. The van der Waals surface area contributed by atoms with Crippen molar-refractivity contribution in [3.63, 3.8) is 0 Å². The first kappa shape index (κ1) is 40.9. The molecular weight excluding hydrogens is 526 g/mol. The van der Waals surface area contributed by atoms with E-state index in [0.29, 0.717) is 26.3 Å². The lowest BCUT2D eigenvalue weighted by Crippen LogP contribution is -2.37. The van der Waals surface area contributed by atoms with Gasteiger partial charge in [0.2, 0.25) is 5.91 Å². The van der Waals surface area contributed by atoms with Crippen LogP contribution in [0.2, 0.25) is 0 Å². The van der Waals surface area contributed by atoms with Crippen LogP contribution in [0, 0.1) is 0 Å². The van der Waals surface area contributed by atoms with Gasteiger partial charge in [-0.3, -0.25) is 9.59 Å². The molecule has 250 valence electrons. The van der Waals surface area contributed by atoms with Gasteiger partial charge in [0.1, 0.15) is 0 Å². The number of carboxylic acid groups (broad SMARTS) is 1. The molecule has 0 saturated heterocycles. The highest BCUT2D eigenvalue weighted by Gasteiger charge is 2.14. The van der Waals surface area contributed by atoms with Crippen LogP contribution in [0.4, 0.5) is 0 Å². The summed E-state index contributed by atoms with van der Waals surface area (Å²) in [7, 11) is 0. The van der Waals surface area contributed by atoms with Crippen LogP contribution in [-0.4, -0.2) is 61.4 Å². The molecule has 0 spiro atoms. The Hall–Kier alpha value is -1.14. The lowest BCUT2D eigenvalue weighted by Gasteiger charge is -2.22. The highest BCUT2D eigenvalue weighted by molar-refractivity contribution is 5.80. The lowest BCUT2D eigenvalue weighted by molar-refractivity contribution is -0.141. The second kappa shape index (κ2) is 34.4. The van der Waals surface area contributed by atoms with Crippen LogP contribution in [0.15, 0.2) is 0 Å². The molecule has 0 atom stereocenters. The van der Waals surface area contributed by atoms with E-state index in [0.717, 1.165) is 26.1 Å². The lowest BCUT2D eigenvalue weighted by atomic mass is 10.1. The minimum atomic E-state index is -0.935. The third-order valence-corrected chi connectivity index (χ3v) is 8.20. The Balaban J connectivity index is 3.77. The minimum Gasteiger partial charge on any atom is -0.481 e. The summed E-state index contributed by atoms with van der Waals surface area (Å²) < 4.78 is 11.6. The second-order valence-corrected chi connectivity index (χ2v) is 12.3. The number of carbonyl (C=O) groups is 2. The highest BCUT2D eigenvalue weighted by atomic mass is 16.5. The molecule has 0 aliphatic carbocycles. The van der Waals surface area contributed by atoms with E-state index in [9.17, 15) is 9.59 Å². The maximum Gasteiger partial charge on any atom is 0.303 e. The van der Waals surface area contributed by atoms with E-state index in [1.807, 2.05) is 0 Å². The summed E-state index contributed by atoms with van der Waals surface area (Å²) in [5, 5.41) is 8.96. The van der Waals surface area contributed by atoms with Crippen molar-refractivity contribution < 1.29 is 24.2 Å². The molecule has 1 amide bonds. The van der Waals surface area contributed by atoms with Crippen molar-refractivity contribution in [3.8, 4) is 0 Å². The van der Waals surface area contributed by atoms with Crippen molar-refractivity contribution in [2.24, 2.45) is 0 Å². The van der Waals surface area contributed by atoms with Gasteiger partial charge >= 0.3 is 5.97 Å². The Morgan fingerprint density at radius 1 is 0.452 bits per heavy atom. The number of hydrogen-bond donors (Lipinski definition) is 1. The summed E-state index contributed by atoms with van der Waals surface area (Å²) >= 11 is 0. The number of carbonyl (C=O) groups excluding carboxylic acids is 1. The maximum absolute atomic E-state index is 12.6. The van der Waals surface area contributed by atoms with E-state index in [-0.39, 0.29) is 18.7 Å². The number of carboxylic acids is 1. The van der Waals surface area contributed by atoms with E-state index in [4.69, 9.17) is 14.6 Å². The topological polar surface area (TPSA) is 76.1 Å². The fraction of sp³-hybridized carbons (Fsp3) is 0.944. The molecule has 42 heavy (non-hydrogen) atoms. The summed E-state index contributed by atoms with van der Waals surface area (Å²) in [6, 6.07) is 0. The molecule has 0 saturated carbocycles. The average Bonchev–Trinajstić information content (AvgIpc) is 2.98. The number of unbranched alkanes of at least 4 members (excludes halogenated alkanes) is 22. The maximum atomic E-state index is 12.6. The molecule has 0 aliphatic heterocycles. The van der Waals surface area contributed by atoms with Gasteiger partial charge < -0.3 is 19.5 Å². The first-order valence-electron chi connectivity index (χ1n) is 18.3. The van der Waals surface area contributed by atoms with Crippen molar-refractivity contribution in [3.05, 3.63) is 0 Å². The van der Waals surface area contributed by atoms with Crippen molar-refractivity contribution >= 4 is 11.9 Å². The third kappa shape index (κ3) is 31.8. The fourth-order valence-corrected chi connectivity index (χ4v) is 5.38. The Morgan fingerprint density at radius 2 is 0.762 bits per heavy atom. The van der Waals surface area contributed by atoms with Crippen LogP contribution in [0.1, 0.15) is 181 Å². The SMILES string of the molecule is CCCCCCCCCCCCCCOCCN(CCOCCCCCCCCCCCCCC)C(=O)CCC(=O)O. The molecule has 1 N–H and O–H groups in total. The number of rotatable bonds is 35. The van der Waals surface area contributed by atoms with Gasteiger partial charge in [0.25, 0.3) is 0 Å². The molecule has 0 aromatic rings. The zero-order chi connectivity index (χ0) is 30.8. The predicted molar refractivity (Wildman–Crippen MR) is 177 cm³/mol.